The molecule has 1 N–H and O–H groups in total. The van der Waals surface area contributed by atoms with E-state index in [4.69, 9.17) is 16.3 Å². The molecule has 128 valence electrons. The molecular weight excluding hydrogens is 350 g/mol. The van der Waals surface area contributed by atoms with Crippen LogP contribution in [0.25, 0.3) is 0 Å². The minimum Gasteiger partial charge on any atom is -0.447 e. The quantitative estimate of drug-likeness (QED) is 0.663. The van der Waals surface area contributed by atoms with Gasteiger partial charge in [0.15, 0.2) is 0 Å². The second kappa shape index (κ2) is 6.78. The third kappa shape index (κ3) is 3.38. The van der Waals surface area contributed by atoms with Gasteiger partial charge in [-0.3, -0.25) is 19.8 Å². The van der Waals surface area contributed by atoms with Crippen molar-refractivity contribution in [2.75, 3.05) is 23.4 Å². The number of anilines is 2. The van der Waals surface area contributed by atoms with E-state index in [1.165, 1.54) is 17.0 Å². The van der Waals surface area contributed by atoms with Crippen LogP contribution >= 0.6 is 11.6 Å². The number of cyclic esters (lactones) is 1. The summed E-state index contributed by atoms with van der Waals surface area (Å²) in [4.78, 5) is 35.8. The Morgan fingerprint density at radius 1 is 1.28 bits per heavy atom. The Morgan fingerprint density at radius 3 is 2.68 bits per heavy atom. The number of carbonyl (C=O) groups is 2. The summed E-state index contributed by atoms with van der Waals surface area (Å²) in [7, 11) is 0. The van der Waals surface area contributed by atoms with E-state index in [1.807, 2.05) is 0 Å². The number of non-ortho nitro benzene ring substituents is 1. The van der Waals surface area contributed by atoms with E-state index in [0.29, 0.717) is 17.9 Å². The van der Waals surface area contributed by atoms with Gasteiger partial charge in [-0.05, 0) is 18.2 Å². The van der Waals surface area contributed by atoms with E-state index < -0.39 is 16.9 Å². The molecule has 0 atom stereocenters. The van der Waals surface area contributed by atoms with Gasteiger partial charge in [0.2, 0.25) is 0 Å². The zero-order valence-corrected chi connectivity index (χ0v) is 13.5. The lowest BCUT2D eigenvalue weighted by atomic mass is 10.1. The number of benzene rings is 2. The molecule has 0 spiro atoms. The van der Waals surface area contributed by atoms with Gasteiger partial charge in [-0.15, -0.1) is 0 Å². The summed E-state index contributed by atoms with van der Waals surface area (Å²) in [5, 5.41) is 13.4. The SMILES string of the molecule is O=C(Nc1ccccc1N1CCOC1=O)c1ccc([N+](=O)[O-])cc1Cl. The maximum atomic E-state index is 12.5. The Balaban J connectivity index is 1.87. The summed E-state index contributed by atoms with van der Waals surface area (Å²) in [6, 6.07) is 10.3. The summed E-state index contributed by atoms with van der Waals surface area (Å²) in [6.07, 6.45) is -0.491. The van der Waals surface area contributed by atoms with Crippen LogP contribution in [-0.4, -0.2) is 30.1 Å². The number of nitrogens with one attached hydrogen (secondary N) is 1. The van der Waals surface area contributed by atoms with Crippen LogP contribution in [0.2, 0.25) is 5.02 Å². The summed E-state index contributed by atoms with van der Waals surface area (Å²) < 4.78 is 4.91. The molecule has 2 aromatic rings. The van der Waals surface area contributed by atoms with Crippen molar-refractivity contribution in [1.82, 2.24) is 0 Å². The fourth-order valence-electron chi connectivity index (χ4n) is 2.42. The zero-order valence-electron chi connectivity index (χ0n) is 12.8. The van der Waals surface area contributed by atoms with Crippen molar-refractivity contribution in [1.29, 1.82) is 0 Å². The molecule has 1 aliphatic heterocycles. The van der Waals surface area contributed by atoms with Gasteiger partial charge in [0.25, 0.3) is 11.6 Å². The van der Waals surface area contributed by atoms with Gasteiger partial charge in [0.05, 0.1) is 33.4 Å². The number of carbonyl (C=O) groups excluding carboxylic acids is 2. The van der Waals surface area contributed by atoms with Crippen LogP contribution in [-0.2, 0) is 4.74 Å². The predicted octanol–water partition coefficient (Wildman–Crippen LogP) is 3.46. The summed E-state index contributed by atoms with van der Waals surface area (Å²) in [6.45, 7) is 0.652. The minimum absolute atomic E-state index is 0.0373. The first-order chi connectivity index (χ1) is 12.0. The molecule has 0 aliphatic carbocycles. The van der Waals surface area contributed by atoms with Crippen molar-refractivity contribution in [2.24, 2.45) is 0 Å². The highest BCUT2D eigenvalue weighted by atomic mass is 35.5. The number of amides is 2. The number of nitro benzene ring substituents is 1. The Morgan fingerprint density at radius 2 is 2.04 bits per heavy atom. The molecule has 0 unspecified atom stereocenters. The first kappa shape index (κ1) is 16.7. The van der Waals surface area contributed by atoms with Crippen LogP contribution in [0, 0.1) is 10.1 Å². The molecule has 9 heteroatoms. The molecule has 25 heavy (non-hydrogen) atoms. The Labute approximate surface area is 147 Å². The van der Waals surface area contributed by atoms with Crippen LogP contribution in [0.1, 0.15) is 10.4 Å². The highest BCUT2D eigenvalue weighted by molar-refractivity contribution is 6.34. The third-order valence-corrected chi connectivity index (χ3v) is 3.92. The van der Waals surface area contributed by atoms with E-state index in [9.17, 15) is 19.7 Å². The second-order valence-corrected chi connectivity index (χ2v) is 5.57. The fourth-order valence-corrected chi connectivity index (χ4v) is 2.68. The van der Waals surface area contributed by atoms with Crippen LogP contribution < -0.4 is 10.2 Å². The standard InChI is InChI=1S/C16H12ClN3O5/c17-12-9-10(20(23)24)5-6-11(12)15(21)18-13-3-1-2-4-14(13)19-7-8-25-16(19)22/h1-6,9H,7-8H2,(H,18,21). The highest BCUT2D eigenvalue weighted by Crippen LogP contribution is 2.29. The van der Waals surface area contributed by atoms with Crippen LogP contribution in [0.15, 0.2) is 42.5 Å². The van der Waals surface area contributed by atoms with Crippen molar-refractivity contribution in [3.8, 4) is 0 Å². The fraction of sp³-hybridized carbons (Fsp3) is 0.125. The van der Waals surface area contributed by atoms with Gasteiger partial charge in [-0.2, -0.15) is 0 Å². The lowest BCUT2D eigenvalue weighted by Crippen LogP contribution is -2.25. The van der Waals surface area contributed by atoms with Crippen LogP contribution in [0.5, 0.6) is 0 Å². The van der Waals surface area contributed by atoms with Crippen molar-refractivity contribution in [3.05, 3.63) is 63.2 Å². The maximum absolute atomic E-state index is 12.5. The zero-order chi connectivity index (χ0) is 18.0. The normalized spacial score (nSPS) is 13.5. The lowest BCUT2D eigenvalue weighted by Gasteiger charge is -2.17. The average molecular weight is 362 g/mol. The van der Waals surface area contributed by atoms with E-state index >= 15 is 0 Å². The van der Waals surface area contributed by atoms with E-state index in [1.54, 1.807) is 24.3 Å². The van der Waals surface area contributed by atoms with E-state index in [0.717, 1.165) is 6.07 Å². The van der Waals surface area contributed by atoms with Gasteiger partial charge in [0, 0.05) is 12.1 Å². The monoisotopic (exact) mass is 361 g/mol. The molecule has 8 nitrogen and oxygen atoms in total. The predicted molar refractivity (Wildman–Crippen MR) is 91.2 cm³/mol. The van der Waals surface area contributed by atoms with Gasteiger partial charge in [-0.1, -0.05) is 23.7 Å². The lowest BCUT2D eigenvalue weighted by molar-refractivity contribution is -0.384. The molecule has 0 aromatic heterocycles. The number of halogens is 1. The summed E-state index contributed by atoms with van der Waals surface area (Å²) in [5.41, 5.74) is 0.782. The molecule has 2 aromatic carbocycles. The molecule has 1 saturated heterocycles. The minimum atomic E-state index is -0.595. The van der Waals surface area contributed by atoms with Gasteiger partial charge < -0.3 is 10.1 Å². The molecule has 1 heterocycles. The molecule has 0 bridgehead atoms. The maximum Gasteiger partial charge on any atom is 0.414 e. The number of nitrogens with zero attached hydrogens (tertiary/aromatic N) is 2. The Hall–Kier alpha value is -3.13. The average Bonchev–Trinajstić information content (AvgIpc) is 3.01. The molecule has 1 aliphatic rings. The Bertz CT molecular complexity index is 871. The number of para-hydroxylation sites is 2. The van der Waals surface area contributed by atoms with Crippen molar-refractivity contribution < 1.29 is 19.2 Å². The molecule has 2 amide bonds. The van der Waals surface area contributed by atoms with Gasteiger partial charge in [-0.25, -0.2) is 4.79 Å². The summed E-state index contributed by atoms with van der Waals surface area (Å²) >= 11 is 5.97. The second-order valence-electron chi connectivity index (χ2n) is 5.16. The smallest absolute Gasteiger partial charge is 0.414 e. The number of hydrogen-bond donors (Lipinski definition) is 1. The first-order valence-electron chi connectivity index (χ1n) is 7.26. The summed E-state index contributed by atoms with van der Waals surface area (Å²) in [5.74, 6) is -0.542. The number of rotatable bonds is 4. The molecule has 0 radical (unpaired) electrons. The third-order valence-electron chi connectivity index (χ3n) is 3.61. The molecule has 1 fully saturated rings. The van der Waals surface area contributed by atoms with Crippen LogP contribution in [0.4, 0.5) is 21.9 Å². The molecule has 3 rings (SSSR count). The number of hydrogen-bond acceptors (Lipinski definition) is 5. The van der Waals surface area contributed by atoms with E-state index in [-0.39, 0.29) is 22.9 Å². The molecular formula is C16H12ClN3O5. The topological polar surface area (TPSA) is 102 Å². The van der Waals surface area contributed by atoms with Crippen LogP contribution in [0.3, 0.4) is 0 Å². The van der Waals surface area contributed by atoms with Crippen molar-refractivity contribution in [2.45, 2.75) is 0 Å². The number of ether oxygens (including phenoxy) is 1. The largest absolute Gasteiger partial charge is 0.447 e. The van der Waals surface area contributed by atoms with Crippen molar-refractivity contribution >= 4 is 40.7 Å². The number of nitro groups is 1. The van der Waals surface area contributed by atoms with Gasteiger partial charge in [0.1, 0.15) is 6.61 Å². The Kier molecular flexibility index (Phi) is 4.53. The van der Waals surface area contributed by atoms with Gasteiger partial charge >= 0.3 is 6.09 Å². The molecule has 0 saturated carbocycles. The first-order valence-corrected chi connectivity index (χ1v) is 7.64. The van der Waals surface area contributed by atoms with Crippen molar-refractivity contribution in [3.63, 3.8) is 0 Å². The highest BCUT2D eigenvalue weighted by Gasteiger charge is 2.26. The van der Waals surface area contributed by atoms with E-state index in [2.05, 4.69) is 5.32 Å².